The number of aromatic nitrogens is 5. The van der Waals surface area contributed by atoms with Gasteiger partial charge in [-0.3, -0.25) is 19.9 Å². The molecule has 0 saturated heterocycles. The zero-order valence-corrected chi connectivity index (χ0v) is 23.8. The number of hydrogen-bond donors (Lipinski definition) is 3. The number of carbonyl (C=O) groups excluding carboxylic acids is 1. The van der Waals surface area contributed by atoms with E-state index in [2.05, 4.69) is 30.5 Å². The fraction of sp³-hybridized carbons (Fsp3) is 0.212. The average molecular weight is 576 g/mol. The smallest absolute Gasteiger partial charge is 0.227 e. The molecule has 0 bridgehead atoms. The Morgan fingerprint density at radius 2 is 1.91 bits per heavy atom. The number of pyridine rings is 2. The van der Waals surface area contributed by atoms with E-state index in [4.69, 9.17) is 4.74 Å². The Morgan fingerprint density at radius 3 is 2.74 bits per heavy atom. The van der Waals surface area contributed by atoms with Crippen molar-refractivity contribution in [2.24, 2.45) is 5.92 Å². The summed E-state index contributed by atoms with van der Waals surface area (Å²) in [4.78, 5) is 26.7. The molecule has 1 saturated carbocycles. The molecule has 1 amide bonds. The normalized spacial score (nSPS) is 13.2. The molecule has 1 aliphatic rings. The summed E-state index contributed by atoms with van der Waals surface area (Å²) in [6, 6.07) is 16.6. The number of carbonyl (C=O) groups is 1. The molecule has 2 aromatic carbocycles. The molecule has 10 heteroatoms. The van der Waals surface area contributed by atoms with E-state index in [-0.39, 0.29) is 17.6 Å². The molecule has 6 aromatic rings. The minimum Gasteiger partial charge on any atom is -0.492 e. The molecule has 3 N–H and O–H groups in total. The second-order valence-corrected chi connectivity index (χ2v) is 11.2. The number of rotatable bonds is 9. The highest BCUT2D eigenvalue weighted by Gasteiger charge is 2.29. The molecule has 1 fully saturated rings. The number of amides is 1. The number of nitrogens with one attached hydrogen (secondary N) is 3. The molecule has 0 radical (unpaired) electrons. The van der Waals surface area contributed by atoms with Crippen molar-refractivity contribution in [1.29, 1.82) is 0 Å². The van der Waals surface area contributed by atoms with Gasteiger partial charge >= 0.3 is 0 Å². The Balaban J connectivity index is 1.23. The Kier molecular flexibility index (Phi) is 6.83. The van der Waals surface area contributed by atoms with Gasteiger partial charge in [-0.1, -0.05) is 12.1 Å². The number of benzene rings is 2. The van der Waals surface area contributed by atoms with Crippen molar-refractivity contribution in [2.75, 3.05) is 32.6 Å². The van der Waals surface area contributed by atoms with Gasteiger partial charge in [0.05, 0.1) is 35.0 Å². The van der Waals surface area contributed by atoms with Gasteiger partial charge in [0, 0.05) is 46.6 Å². The highest BCUT2D eigenvalue weighted by Crippen LogP contribution is 2.36. The van der Waals surface area contributed by atoms with E-state index in [1.165, 1.54) is 12.1 Å². The summed E-state index contributed by atoms with van der Waals surface area (Å²) in [5, 5.41) is 12.5. The summed E-state index contributed by atoms with van der Waals surface area (Å²) in [6.07, 6.45) is 6.99. The lowest BCUT2D eigenvalue weighted by molar-refractivity contribution is -0.117. The fourth-order valence-electron chi connectivity index (χ4n) is 5.20. The second kappa shape index (κ2) is 11.0. The van der Waals surface area contributed by atoms with Gasteiger partial charge in [0.2, 0.25) is 5.91 Å². The first-order chi connectivity index (χ1) is 20.9. The lowest BCUT2D eigenvalue weighted by Gasteiger charge is -2.12. The van der Waals surface area contributed by atoms with Gasteiger partial charge in [0.15, 0.2) is 0 Å². The van der Waals surface area contributed by atoms with Gasteiger partial charge in [-0.2, -0.15) is 5.10 Å². The summed E-state index contributed by atoms with van der Waals surface area (Å²) in [6.45, 7) is 1.20. The van der Waals surface area contributed by atoms with Gasteiger partial charge in [0.25, 0.3) is 0 Å². The number of fused-ring (bicyclic) bond motifs is 2. The van der Waals surface area contributed by atoms with Crippen LogP contribution in [-0.2, 0) is 4.79 Å². The molecule has 4 aromatic heterocycles. The van der Waals surface area contributed by atoms with E-state index >= 15 is 0 Å². The van der Waals surface area contributed by atoms with Crippen LogP contribution in [0, 0.1) is 11.7 Å². The SMILES string of the molecule is CN(C)CCOc1cc(F)cc(-c2cccc3[nH]c(-c4n[nH]c5cnc(-c6cncc(NC(=O)C7CC7)c6)cc45)cc23)c1. The summed E-state index contributed by atoms with van der Waals surface area (Å²) >= 11 is 0. The van der Waals surface area contributed by atoms with Crippen LogP contribution in [0.1, 0.15) is 12.8 Å². The van der Waals surface area contributed by atoms with E-state index < -0.39 is 0 Å². The maximum Gasteiger partial charge on any atom is 0.227 e. The number of nitrogens with zero attached hydrogens (tertiary/aromatic N) is 4. The summed E-state index contributed by atoms with van der Waals surface area (Å²) in [5.41, 5.74) is 7.00. The standard InChI is InChI=1S/C33H30FN7O2/c1-41(2)8-9-43-24-12-20(10-22(34)13-24)25-4-3-5-28-26(25)14-30(38-28)32-27-15-29(36-18-31(27)39-40-32)21-11-23(17-35-16-21)37-33(42)19-6-7-19/h3-5,10-19,38H,6-9H2,1-2H3,(H,37,42)(H,39,40). The lowest BCUT2D eigenvalue weighted by atomic mass is 10.0. The van der Waals surface area contributed by atoms with Crippen molar-refractivity contribution in [3.63, 3.8) is 0 Å². The van der Waals surface area contributed by atoms with Crippen LogP contribution in [-0.4, -0.2) is 63.2 Å². The predicted octanol–water partition coefficient (Wildman–Crippen LogP) is 6.26. The molecule has 1 aliphatic carbocycles. The first-order valence-electron chi connectivity index (χ1n) is 14.2. The van der Waals surface area contributed by atoms with E-state index in [0.29, 0.717) is 23.7 Å². The highest BCUT2D eigenvalue weighted by atomic mass is 19.1. The maximum absolute atomic E-state index is 14.7. The van der Waals surface area contributed by atoms with Crippen molar-refractivity contribution in [3.05, 3.63) is 79.0 Å². The van der Waals surface area contributed by atoms with Crippen molar-refractivity contribution < 1.29 is 13.9 Å². The number of anilines is 1. The molecular formula is C33H30FN7O2. The molecule has 0 aliphatic heterocycles. The minimum atomic E-state index is -0.353. The lowest BCUT2D eigenvalue weighted by Crippen LogP contribution is -2.19. The second-order valence-electron chi connectivity index (χ2n) is 11.2. The molecule has 0 atom stereocenters. The van der Waals surface area contributed by atoms with Crippen LogP contribution in [0.5, 0.6) is 5.75 Å². The highest BCUT2D eigenvalue weighted by molar-refractivity contribution is 6.01. The van der Waals surface area contributed by atoms with E-state index in [1.54, 1.807) is 18.6 Å². The van der Waals surface area contributed by atoms with Crippen molar-refractivity contribution >= 4 is 33.4 Å². The van der Waals surface area contributed by atoms with Gasteiger partial charge in [0.1, 0.15) is 23.9 Å². The quantitative estimate of drug-likeness (QED) is 0.188. The van der Waals surface area contributed by atoms with Crippen molar-refractivity contribution in [3.8, 4) is 39.5 Å². The number of likely N-dealkylation sites (N-methyl/N-ethyl adjacent to an activating group) is 1. The Morgan fingerprint density at radius 1 is 1.02 bits per heavy atom. The molecule has 216 valence electrons. The third-order valence-corrected chi connectivity index (χ3v) is 7.61. The number of H-pyrrole nitrogens is 2. The molecule has 0 spiro atoms. The molecule has 9 nitrogen and oxygen atoms in total. The third-order valence-electron chi connectivity index (χ3n) is 7.61. The summed E-state index contributed by atoms with van der Waals surface area (Å²) < 4.78 is 20.5. The first kappa shape index (κ1) is 26.8. The maximum atomic E-state index is 14.7. The van der Waals surface area contributed by atoms with E-state index in [1.807, 2.05) is 61.5 Å². The average Bonchev–Trinajstić information content (AvgIpc) is 3.62. The van der Waals surface area contributed by atoms with Crippen LogP contribution in [0.4, 0.5) is 10.1 Å². The van der Waals surface area contributed by atoms with Crippen LogP contribution >= 0.6 is 0 Å². The Hall–Kier alpha value is -5.09. The Bertz CT molecular complexity index is 1980. The number of aromatic amines is 2. The third kappa shape index (κ3) is 5.56. The molecule has 4 heterocycles. The predicted molar refractivity (Wildman–Crippen MR) is 165 cm³/mol. The van der Waals surface area contributed by atoms with Crippen LogP contribution in [0.25, 0.3) is 55.6 Å². The topological polar surface area (TPSA) is 112 Å². The van der Waals surface area contributed by atoms with Gasteiger partial charge in [-0.25, -0.2) is 4.39 Å². The van der Waals surface area contributed by atoms with E-state index in [9.17, 15) is 9.18 Å². The Labute approximate surface area is 247 Å². The zero-order chi connectivity index (χ0) is 29.5. The minimum absolute atomic E-state index is 0.0315. The summed E-state index contributed by atoms with van der Waals surface area (Å²) in [5.74, 6) is 0.277. The molecule has 7 rings (SSSR count). The van der Waals surface area contributed by atoms with Crippen molar-refractivity contribution in [2.45, 2.75) is 12.8 Å². The van der Waals surface area contributed by atoms with E-state index in [0.717, 1.165) is 69.3 Å². The number of hydrogen-bond acceptors (Lipinski definition) is 6. The molecular weight excluding hydrogens is 545 g/mol. The van der Waals surface area contributed by atoms with Gasteiger partial charge < -0.3 is 19.9 Å². The summed E-state index contributed by atoms with van der Waals surface area (Å²) in [7, 11) is 3.94. The van der Waals surface area contributed by atoms with Gasteiger partial charge in [-0.05, 0) is 74.5 Å². The first-order valence-corrected chi connectivity index (χ1v) is 14.2. The largest absolute Gasteiger partial charge is 0.492 e. The van der Waals surface area contributed by atoms with Crippen LogP contribution < -0.4 is 10.1 Å². The van der Waals surface area contributed by atoms with Crippen LogP contribution in [0.2, 0.25) is 0 Å². The zero-order valence-electron chi connectivity index (χ0n) is 23.8. The molecule has 43 heavy (non-hydrogen) atoms. The fourth-order valence-corrected chi connectivity index (χ4v) is 5.20. The van der Waals surface area contributed by atoms with Crippen LogP contribution in [0.3, 0.4) is 0 Å². The number of ether oxygens (including phenoxy) is 1. The number of halogens is 1. The monoisotopic (exact) mass is 575 g/mol. The van der Waals surface area contributed by atoms with Crippen molar-refractivity contribution in [1.82, 2.24) is 30.0 Å². The molecule has 0 unspecified atom stereocenters. The van der Waals surface area contributed by atoms with Gasteiger partial charge in [-0.15, -0.1) is 0 Å². The van der Waals surface area contributed by atoms with Crippen LogP contribution in [0.15, 0.2) is 73.2 Å².